The van der Waals surface area contributed by atoms with E-state index in [1.54, 1.807) is 7.05 Å². The molecule has 0 spiro atoms. The van der Waals surface area contributed by atoms with Crippen molar-refractivity contribution in [3.63, 3.8) is 0 Å². The molecule has 0 atom stereocenters. The molecule has 0 N–H and O–H groups in total. The summed E-state index contributed by atoms with van der Waals surface area (Å²) in [5, 5.41) is 3.68. The van der Waals surface area contributed by atoms with Crippen molar-refractivity contribution in [1.29, 1.82) is 0 Å². The van der Waals surface area contributed by atoms with Crippen LogP contribution in [0, 0.1) is 0 Å². The van der Waals surface area contributed by atoms with Gasteiger partial charge < -0.3 is 0 Å². The highest BCUT2D eigenvalue weighted by atomic mass is 35.5. The number of hydrogen-bond donors (Lipinski definition) is 0. The lowest BCUT2D eigenvalue weighted by Gasteiger charge is -1.79. The molecule has 0 aliphatic rings. The molecule has 3 nitrogen and oxygen atoms in total. The van der Waals surface area contributed by atoms with E-state index in [1.807, 2.05) is 0 Å². The van der Waals surface area contributed by atoms with Gasteiger partial charge in [-0.05, 0) is 0 Å². The van der Waals surface area contributed by atoms with E-state index in [0.717, 1.165) is 0 Å². The third-order valence-corrected chi connectivity index (χ3v) is 0.853. The highest BCUT2D eigenvalue weighted by molar-refractivity contribution is 6.16. The minimum absolute atomic E-state index is 0.00309. The number of aromatic nitrogens is 3. The molecule has 4 heteroatoms. The zero-order valence-corrected chi connectivity index (χ0v) is 5.05. The van der Waals surface area contributed by atoms with Crippen LogP contribution in [0.4, 0.5) is 0 Å². The maximum absolute atomic E-state index is 6.98. The van der Waals surface area contributed by atoms with Gasteiger partial charge in [0.15, 0.2) is 5.82 Å². The molecule has 0 aromatic carbocycles. The second-order valence-electron chi connectivity index (χ2n) is 1.34. The van der Waals surface area contributed by atoms with Crippen molar-refractivity contribution < 1.29 is 2.74 Å². The topological polar surface area (TPSA) is 30.7 Å². The van der Waals surface area contributed by atoms with Gasteiger partial charge in [0.1, 0.15) is 6.33 Å². The van der Waals surface area contributed by atoms with Crippen molar-refractivity contribution in [2.24, 2.45) is 7.05 Å². The van der Waals surface area contributed by atoms with Crippen molar-refractivity contribution >= 4 is 11.6 Å². The van der Waals surface area contributed by atoms with Gasteiger partial charge in [0.2, 0.25) is 0 Å². The Kier molecular flexibility index (Phi) is 0.921. The number of hydrogen-bond acceptors (Lipinski definition) is 2. The summed E-state index contributed by atoms with van der Waals surface area (Å²) in [7, 11) is 1.65. The standard InChI is InChI=1S/C4H6ClN3/c1-8-3-6-4(2-5)7-8/h3H,2H2,1H3/i2D2. The molecule has 0 saturated heterocycles. The summed E-state index contributed by atoms with van der Waals surface area (Å²) in [5.74, 6) is -1.96. The molecule has 1 aromatic rings. The van der Waals surface area contributed by atoms with Gasteiger partial charge in [0.05, 0.1) is 8.57 Å². The van der Waals surface area contributed by atoms with Crippen molar-refractivity contribution in [3.8, 4) is 0 Å². The molecule has 0 saturated carbocycles. The quantitative estimate of drug-likeness (QED) is 0.524. The number of nitrogens with zero attached hydrogens (tertiary/aromatic N) is 3. The number of halogens is 1. The molecular weight excluding hydrogens is 126 g/mol. The van der Waals surface area contributed by atoms with Crippen molar-refractivity contribution in [3.05, 3.63) is 12.2 Å². The Hall–Kier alpha value is -0.570. The fourth-order valence-electron chi connectivity index (χ4n) is 0.383. The summed E-state index contributed by atoms with van der Waals surface area (Å²) in [6.45, 7) is 0. The largest absolute Gasteiger partial charge is 0.256 e. The maximum Gasteiger partial charge on any atom is 0.165 e. The molecule has 0 unspecified atom stereocenters. The maximum atomic E-state index is 6.98. The summed E-state index contributed by atoms with van der Waals surface area (Å²) in [6.07, 6.45) is 1.40. The average Bonchev–Trinajstić information content (AvgIpc) is 2.11. The van der Waals surface area contributed by atoms with Gasteiger partial charge in [0.25, 0.3) is 0 Å². The smallest absolute Gasteiger partial charge is 0.165 e. The molecule has 0 amide bonds. The van der Waals surface area contributed by atoms with Gasteiger partial charge in [-0.3, -0.25) is 4.68 Å². The van der Waals surface area contributed by atoms with E-state index in [0.29, 0.717) is 0 Å². The molecule has 0 aliphatic heterocycles. The Morgan fingerprint density at radius 3 is 3.12 bits per heavy atom. The summed E-state index contributed by atoms with van der Waals surface area (Å²) >= 11 is 5.27. The highest BCUT2D eigenvalue weighted by Gasteiger charge is 1.91. The molecular formula is C4H6ClN3. The van der Waals surface area contributed by atoms with Crippen molar-refractivity contribution in [2.75, 3.05) is 0 Å². The van der Waals surface area contributed by atoms with Gasteiger partial charge >= 0.3 is 0 Å². The lowest BCUT2D eigenvalue weighted by atomic mass is 10.7. The van der Waals surface area contributed by atoms with Crippen LogP contribution in [0.5, 0.6) is 0 Å². The summed E-state index contributed by atoms with van der Waals surface area (Å²) < 4.78 is 15.4. The van der Waals surface area contributed by atoms with E-state index in [1.165, 1.54) is 11.0 Å². The third kappa shape index (κ3) is 0.980. The molecule has 8 heavy (non-hydrogen) atoms. The first kappa shape index (κ1) is 3.45. The highest BCUT2D eigenvalue weighted by Crippen LogP contribution is 1.91. The predicted octanol–water partition coefficient (Wildman–Crippen LogP) is 0.554. The Morgan fingerprint density at radius 1 is 2.12 bits per heavy atom. The Labute approximate surface area is 55.1 Å². The minimum atomic E-state index is -1.96. The van der Waals surface area contributed by atoms with E-state index in [4.69, 9.17) is 14.3 Å². The van der Waals surface area contributed by atoms with Crippen LogP contribution in [0.15, 0.2) is 6.33 Å². The fourth-order valence-corrected chi connectivity index (χ4v) is 0.469. The normalized spacial score (nSPS) is 15.2. The van der Waals surface area contributed by atoms with Gasteiger partial charge in [-0.15, -0.1) is 11.6 Å². The van der Waals surface area contributed by atoms with E-state index in [9.17, 15) is 0 Å². The first-order chi connectivity index (χ1) is 4.50. The zero-order chi connectivity index (χ0) is 7.78. The molecule has 1 rings (SSSR count). The first-order valence-corrected chi connectivity index (χ1v) is 2.43. The molecule has 44 valence electrons. The molecule has 0 bridgehead atoms. The fraction of sp³-hybridized carbons (Fsp3) is 0.500. The molecule has 0 aliphatic carbocycles. The Bertz CT molecular complexity index is 229. The van der Waals surface area contributed by atoms with Crippen LogP contribution in [0.2, 0.25) is 0 Å². The molecule has 0 radical (unpaired) electrons. The van der Waals surface area contributed by atoms with Crippen LogP contribution in [0.3, 0.4) is 0 Å². The van der Waals surface area contributed by atoms with Crippen LogP contribution >= 0.6 is 11.6 Å². The van der Waals surface area contributed by atoms with Crippen LogP contribution in [0.1, 0.15) is 8.57 Å². The van der Waals surface area contributed by atoms with Crippen LogP contribution in [0.25, 0.3) is 0 Å². The Balaban J connectivity index is 2.96. The minimum Gasteiger partial charge on any atom is -0.256 e. The third-order valence-electron chi connectivity index (χ3n) is 0.684. The van der Waals surface area contributed by atoms with E-state index >= 15 is 0 Å². The van der Waals surface area contributed by atoms with Crippen molar-refractivity contribution in [1.82, 2.24) is 14.8 Å². The monoisotopic (exact) mass is 133 g/mol. The summed E-state index contributed by atoms with van der Waals surface area (Å²) in [4.78, 5) is 3.63. The Morgan fingerprint density at radius 2 is 2.88 bits per heavy atom. The number of aryl methyl sites for hydroxylation is 1. The van der Waals surface area contributed by atoms with Crippen LogP contribution in [-0.4, -0.2) is 14.8 Å². The second kappa shape index (κ2) is 2.13. The van der Waals surface area contributed by atoms with E-state index in [2.05, 4.69) is 10.1 Å². The van der Waals surface area contributed by atoms with Gasteiger partial charge in [-0.1, -0.05) is 0 Å². The lowest BCUT2D eigenvalue weighted by Crippen LogP contribution is -1.88. The molecule has 0 fully saturated rings. The average molecular weight is 134 g/mol. The second-order valence-corrected chi connectivity index (χ2v) is 1.53. The van der Waals surface area contributed by atoms with Gasteiger partial charge in [-0.25, -0.2) is 4.98 Å². The number of alkyl halides is 1. The van der Waals surface area contributed by atoms with E-state index in [-0.39, 0.29) is 5.82 Å². The predicted molar refractivity (Wildman–Crippen MR) is 30.6 cm³/mol. The number of rotatable bonds is 1. The van der Waals surface area contributed by atoms with Gasteiger partial charge in [-0.2, -0.15) is 5.10 Å². The summed E-state index contributed by atoms with van der Waals surface area (Å²) in [6, 6.07) is 0. The van der Waals surface area contributed by atoms with Crippen LogP contribution in [-0.2, 0) is 12.9 Å². The zero-order valence-electron chi connectivity index (χ0n) is 6.30. The molecule has 1 aromatic heterocycles. The molecule has 1 heterocycles. The summed E-state index contributed by atoms with van der Waals surface area (Å²) in [5.41, 5.74) is 0. The van der Waals surface area contributed by atoms with Gasteiger partial charge in [0, 0.05) is 7.05 Å². The lowest BCUT2D eigenvalue weighted by molar-refractivity contribution is 0.754. The van der Waals surface area contributed by atoms with Crippen molar-refractivity contribution in [2.45, 2.75) is 5.83 Å². The van der Waals surface area contributed by atoms with Crippen LogP contribution < -0.4 is 0 Å². The van der Waals surface area contributed by atoms with E-state index < -0.39 is 5.83 Å². The SMILES string of the molecule is [2H]C([2H])(Cl)c1ncn(C)n1. The first-order valence-electron chi connectivity index (χ1n) is 3.05.